The van der Waals surface area contributed by atoms with Gasteiger partial charge < -0.3 is 4.74 Å². The van der Waals surface area contributed by atoms with Crippen molar-refractivity contribution < 1.29 is 14.3 Å². The average molecular weight is 418 g/mol. The van der Waals surface area contributed by atoms with Crippen LogP contribution in [0.3, 0.4) is 0 Å². The summed E-state index contributed by atoms with van der Waals surface area (Å²) >= 11 is 16.9. The number of benzene rings is 1. The summed E-state index contributed by atoms with van der Waals surface area (Å²) in [7, 11) is 0. The first kappa shape index (κ1) is 20.7. The number of hydrogen-bond acceptors (Lipinski definition) is 4. The minimum absolute atomic E-state index is 0.00295. The zero-order chi connectivity index (χ0) is 19.1. The fourth-order valence-corrected chi connectivity index (χ4v) is 3.25. The molecule has 9 heteroatoms. The third kappa shape index (κ3) is 6.30. The summed E-state index contributed by atoms with van der Waals surface area (Å²) in [4.78, 5) is 24.2. The van der Waals surface area contributed by atoms with Crippen molar-refractivity contribution in [2.24, 2.45) is 5.92 Å². The van der Waals surface area contributed by atoms with Crippen molar-refractivity contribution in [3.63, 3.8) is 0 Å². The monoisotopic (exact) mass is 417 g/mol. The first-order valence-corrected chi connectivity index (χ1v) is 9.55. The second kappa shape index (κ2) is 9.94. The van der Waals surface area contributed by atoms with Gasteiger partial charge in [-0.25, -0.2) is 0 Å². The Balaban J connectivity index is 1.76. The number of thiocarbonyl (C=S) groups is 1. The van der Waals surface area contributed by atoms with E-state index < -0.39 is 12.0 Å². The Labute approximate surface area is 167 Å². The fraction of sp³-hybridized carbons (Fsp3) is 0.471. The highest BCUT2D eigenvalue weighted by Gasteiger charge is 2.22. The van der Waals surface area contributed by atoms with Gasteiger partial charge in [-0.3, -0.25) is 25.8 Å². The van der Waals surface area contributed by atoms with E-state index in [2.05, 4.69) is 16.2 Å². The number of amides is 2. The second-order valence-electron chi connectivity index (χ2n) is 6.10. The Bertz CT molecular complexity index is 681. The third-order valence-corrected chi connectivity index (χ3v) is 4.81. The van der Waals surface area contributed by atoms with Crippen molar-refractivity contribution in [1.29, 1.82) is 0 Å². The van der Waals surface area contributed by atoms with Crippen LogP contribution in [0, 0.1) is 5.92 Å². The Morgan fingerprint density at radius 2 is 1.88 bits per heavy atom. The van der Waals surface area contributed by atoms with Gasteiger partial charge in [-0.15, -0.1) is 0 Å². The normalized spacial score (nSPS) is 15.7. The molecule has 2 amide bonds. The summed E-state index contributed by atoms with van der Waals surface area (Å²) in [5.74, 6) is -0.258. The third-order valence-electron chi connectivity index (χ3n) is 4.08. The van der Waals surface area contributed by atoms with E-state index in [1.54, 1.807) is 19.1 Å². The molecular formula is C17H21Cl2N3O3S. The van der Waals surface area contributed by atoms with Crippen LogP contribution in [-0.2, 0) is 9.59 Å². The molecule has 6 nitrogen and oxygen atoms in total. The van der Waals surface area contributed by atoms with Crippen LogP contribution >= 0.6 is 35.4 Å². The predicted molar refractivity (Wildman–Crippen MR) is 105 cm³/mol. The summed E-state index contributed by atoms with van der Waals surface area (Å²) in [6.07, 6.45) is 4.19. The van der Waals surface area contributed by atoms with Crippen molar-refractivity contribution in [3.05, 3.63) is 28.2 Å². The summed E-state index contributed by atoms with van der Waals surface area (Å²) in [5, 5.41) is 3.23. The van der Waals surface area contributed by atoms with Crippen LogP contribution in [0.4, 0.5) is 0 Å². The van der Waals surface area contributed by atoms with E-state index in [0.29, 0.717) is 15.8 Å². The lowest BCUT2D eigenvalue weighted by Crippen LogP contribution is -2.52. The molecule has 142 valence electrons. The van der Waals surface area contributed by atoms with Gasteiger partial charge in [0.25, 0.3) is 5.91 Å². The number of hydrazine groups is 1. The molecule has 1 unspecified atom stereocenters. The van der Waals surface area contributed by atoms with Crippen LogP contribution in [0.5, 0.6) is 5.75 Å². The molecule has 26 heavy (non-hydrogen) atoms. The first-order chi connectivity index (χ1) is 12.4. The summed E-state index contributed by atoms with van der Waals surface area (Å²) < 4.78 is 5.51. The number of ether oxygens (including phenoxy) is 1. The molecule has 2 rings (SSSR count). The molecule has 0 spiro atoms. The van der Waals surface area contributed by atoms with Gasteiger partial charge in [-0.05, 0) is 50.2 Å². The van der Waals surface area contributed by atoms with E-state index in [-0.39, 0.29) is 16.9 Å². The Hall–Kier alpha value is -1.57. The molecule has 0 aliphatic heterocycles. The highest BCUT2D eigenvalue weighted by atomic mass is 35.5. The van der Waals surface area contributed by atoms with Crippen molar-refractivity contribution in [3.8, 4) is 5.75 Å². The predicted octanol–water partition coefficient (Wildman–Crippen LogP) is 3.36. The van der Waals surface area contributed by atoms with Gasteiger partial charge in [0, 0.05) is 10.9 Å². The Kier molecular flexibility index (Phi) is 7.93. The maximum absolute atomic E-state index is 12.1. The summed E-state index contributed by atoms with van der Waals surface area (Å²) in [6, 6.07) is 4.71. The second-order valence-corrected chi connectivity index (χ2v) is 7.35. The van der Waals surface area contributed by atoms with Crippen LogP contribution in [0.15, 0.2) is 18.2 Å². The highest BCUT2D eigenvalue weighted by Crippen LogP contribution is 2.28. The summed E-state index contributed by atoms with van der Waals surface area (Å²) in [6.45, 7) is 1.56. The van der Waals surface area contributed by atoms with Crippen LogP contribution in [-0.4, -0.2) is 23.0 Å². The van der Waals surface area contributed by atoms with Crippen LogP contribution in [0.2, 0.25) is 10.0 Å². The average Bonchev–Trinajstić information content (AvgIpc) is 2.62. The van der Waals surface area contributed by atoms with Crippen molar-refractivity contribution in [2.75, 3.05) is 0 Å². The number of nitrogens with one attached hydrogen (secondary N) is 3. The minimum atomic E-state index is -0.845. The molecule has 0 heterocycles. The van der Waals surface area contributed by atoms with E-state index in [9.17, 15) is 9.59 Å². The number of carbonyl (C=O) groups is 2. The molecular weight excluding hydrogens is 397 g/mol. The quantitative estimate of drug-likeness (QED) is 0.516. The standard InChI is InChI=1S/C17H21Cl2N3O3S/c1-10(25-14-8-7-12(18)9-13(14)19)15(23)20-17(26)22-21-16(24)11-5-3-2-4-6-11/h7-11H,2-6H2,1H3,(H,21,24)(H2,20,22,23,26). The minimum Gasteiger partial charge on any atom is -0.479 e. The molecule has 3 N–H and O–H groups in total. The molecule has 1 saturated carbocycles. The van der Waals surface area contributed by atoms with E-state index in [1.165, 1.54) is 12.5 Å². The van der Waals surface area contributed by atoms with E-state index in [4.69, 9.17) is 40.2 Å². The van der Waals surface area contributed by atoms with E-state index in [1.807, 2.05) is 0 Å². The molecule has 1 atom stereocenters. The number of carbonyl (C=O) groups excluding carboxylic acids is 2. The molecule has 1 fully saturated rings. The lowest BCUT2D eigenvalue weighted by molar-refractivity contribution is -0.127. The Morgan fingerprint density at radius 1 is 1.19 bits per heavy atom. The van der Waals surface area contributed by atoms with Gasteiger partial charge in [-0.1, -0.05) is 42.5 Å². The Morgan fingerprint density at radius 3 is 2.54 bits per heavy atom. The lowest BCUT2D eigenvalue weighted by Gasteiger charge is -2.21. The number of hydrogen-bond donors (Lipinski definition) is 3. The molecule has 1 aliphatic rings. The van der Waals surface area contributed by atoms with Crippen molar-refractivity contribution >= 4 is 52.3 Å². The highest BCUT2D eigenvalue weighted by molar-refractivity contribution is 7.80. The SMILES string of the molecule is CC(Oc1ccc(Cl)cc1Cl)C(=O)NC(=S)NNC(=O)C1CCCCC1. The van der Waals surface area contributed by atoms with Gasteiger partial charge in [0.05, 0.1) is 5.02 Å². The smallest absolute Gasteiger partial charge is 0.266 e. The molecule has 0 aromatic heterocycles. The molecule has 0 radical (unpaired) electrons. The van der Waals surface area contributed by atoms with E-state index >= 15 is 0 Å². The van der Waals surface area contributed by atoms with Gasteiger partial charge in [-0.2, -0.15) is 0 Å². The topological polar surface area (TPSA) is 79.5 Å². The molecule has 1 aromatic rings. The van der Waals surface area contributed by atoms with Gasteiger partial charge in [0.2, 0.25) is 5.91 Å². The van der Waals surface area contributed by atoms with Crippen molar-refractivity contribution in [2.45, 2.75) is 45.1 Å². The molecule has 1 aromatic carbocycles. The van der Waals surface area contributed by atoms with Crippen molar-refractivity contribution in [1.82, 2.24) is 16.2 Å². The molecule has 0 saturated heterocycles. The zero-order valence-electron chi connectivity index (χ0n) is 14.3. The maximum Gasteiger partial charge on any atom is 0.266 e. The zero-order valence-corrected chi connectivity index (χ0v) is 16.6. The van der Waals surface area contributed by atoms with E-state index in [0.717, 1.165) is 25.7 Å². The summed E-state index contributed by atoms with van der Waals surface area (Å²) in [5.41, 5.74) is 5.09. The first-order valence-electron chi connectivity index (χ1n) is 8.39. The molecule has 1 aliphatic carbocycles. The van der Waals surface area contributed by atoms with Gasteiger partial charge in [0.15, 0.2) is 11.2 Å². The van der Waals surface area contributed by atoms with Crippen LogP contribution in [0.1, 0.15) is 39.0 Å². The van der Waals surface area contributed by atoms with Gasteiger partial charge >= 0.3 is 0 Å². The van der Waals surface area contributed by atoms with Gasteiger partial charge in [0.1, 0.15) is 5.75 Å². The largest absolute Gasteiger partial charge is 0.479 e. The molecule has 0 bridgehead atoms. The van der Waals surface area contributed by atoms with Crippen LogP contribution in [0.25, 0.3) is 0 Å². The van der Waals surface area contributed by atoms with Crippen LogP contribution < -0.4 is 20.9 Å². The number of halogens is 2. The lowest BCUT2D eigenvalue weighted by atomic mass is 9.89. The maximum atomic E-state index is 12.1. The fourth-order valence-electron chi connectivity index (χ4n) is 2.64. The number of rotatable bonds is 4.